The van der Waals surface area contributed by atoms with Crippen molar-refractivity contribution in [3.05, 3.63) is 24.0 Å². The number of aromatic amines is 1. The minimum atomic E-state index is -0.400. The van der Waals surface area contributed by atoms with Crippen molar-refractivity contribution in [1.82, 2.24) is 15.1 Å². The second kappa shape index (κ2) is 5.02. The van der Waals surface area contributed by atoms with Crippen LogP contribution in [0.2, 0.25) is 0 Å². The van der Waals surface area contributed by atoms with Crippen LogP contribution in [-0.4, -0.2) is 34.3 Å². The van der Waals surface area contributed by atoms with E-state index in [0.29, 0.717) is 24.0 Å². The fourth-order valence-corrected chi connectivity index (χ4v) is 2.49. The Labute approximate surface area is 122 Å². The van der Waals surface area contributed by atoms with Gasteiger partial charge in [-0.3, -0.25) is 5.10 Å². The quantitative estimate of drug-likeness (QED) is 0.876. The van der Waals surface area contributed by atoms with Crippen LogP contribution >= 0.6 is 0 Å². The third-order valence-corrected chi connectivity index (χ3v) is 4.05. The largest absolute Gasteiger partial charge is 0.416 e. The molecule has 2 aromatic rings. The van der Waals surface area contributed by atoms with Crippen molar-refractivity contribution < 1.29 is 13.9 Å². The van der Waals surface area contributed by atoms with Gasteiger partial charge < -0.3 is 9.64 Å². The zero-order valence-corrected chi connectivity index (χ0v) is 12.1. The summed E-state index contributed by atoms with van der Waals surface area (Å²) in [4.78, 5) is 13.9. The molecule has 21 heavy (non-hydrogen) atoms. The molecule has 0 saturated carbocycles. The number of ether oxygens (including phenoxy) is 1. The molecule has 0 radical (unpaired) electrons. The fraction of sp³-hybridized carbons (Fsp3) is 0.467. The molecule has 0 bridgehead atoms. The molecule has 0 spiro atoms. The molecular formula is C15H18FN3O2. The summed E-state index contributed by atoms with van der Waals surface area (Å²) in [6, 6.07) is 4.19. The SMILES string of the molecule is CC1(C)CCN(C(=O)Oc2n[nH]c3cc(F)ccc23)CC1. The van der Waals surface area contributed by atoms with Crippen LogP contribution in [0.3, 0.4) is 0 Å². The van der Waals surface area contributed by atoms with Crippen molar-refractivity contribution in [2.24, 2.45) is 5.41 Å². The van der Waals surface area contributed by atoms with E-state index in [1.807, 2.05) is 0 Å². The van der Waals surface area contributed by atoms with Crippen molar-refractivity contribution in [3.63, 3.8) is 0 Å². The Morgan fingerprint density at radius 1 is 1.38 bits per heavy atom. The lowest BCUT2D eigenvalue weighted by molar-refractivity contribution is 0.109. The van der Waals surface area contributed by atoms with E-state index in [1.165, 1.54) is 12.1 Å². The summed E-state index contributed by atoms with van der Waals surface area (Å²) >= 11 is 0. The number of fused-ring (bicyclic) bond motifs is 1. The van der Waals surface area contributed by atoms with Gasteiger partial charge in [0.1, 0.15) is 5.82 Å². The predicted molar refractivity (Wildman–Crippen MR) is 76.7 cm³/mol. The number of benzene rings is 1. The minimum Gasteiger partial charge on any atom is -0.389 e. The molecule has 1 amide bonds. The van der Waals surface area contributed by atoms with Crippen molar-refractivity contribution in [2.75, 3.05) is 13.1 Å². The van der Waals surface area contributed by atoms with Crippen LogP contribution in [0, 0.1) is 11.2 Å². The summed E-state index contributed by atoms with van der Waals surface area (Å²) in [5, 5.41) is 7.20. The zero-order chi connectivity index (χ0) is 15.0. The van der Waals surface area contributed by atoms with Crippen molar-refractivity contribution in [3.8, 4) is 5.88 Å². The van der Waals surface area contributed by atoms with Gasteiger partial charge in [0.15, 0.2) is 0 Å². The number of H-pyrrole nitrogens is 1. The maximum absolute atomic E-state index is 13.1. The second-order valence-electron chi connectivity index (χ2n) is 6.24. The van der Waals surface area contributed by atoms with E-state index in [-0.39, 0.29) is 17.1 Å². The number of hydrogen-bond donors (Lipinski definition) is 1. The topological polar surface area (TPSA) is 58.2 Å². The summed E-state index contributed by atoms with van der Waals surface area (Å²) in [5.41, 5.74) is 0.783. The van der Waals surface area contributed by atoms with Crippen molar-refractivity contribution in [2.45, 2.75) is 26.7 Å². The van der Waals surface area contributed by atoms with Crippen molar-refractivity contribution in [1.29, 1.82) is 0 Å². The second-order valence-corrected chi connectivity index (χ2v) is 6.24. The molecule has 1 aromatic carbocycles. The molecule has 1 aromatic heterocycles. The maximum Gasteiger partial charge on any atom is 0.416 e. The number of hydrogen-bond acceptors (Lipinski definition) is 3. The summed E-state index contributed by atoms with van der Waals surface area (Å²) in [5.74, 6) is -0.165. The molecule has 5 nitrogen and oxygen atoms in total. The molecule has 0 aliphatic carbocycles. The van der Waals surface area contributed by atoms with Crippen LogP contribution in [-0.2, 0) is 0 Å². The first kappa shape index (κ1) is 13.9. The van der Waals surface area contributed by atoms with Gasteiger partial charge in [-0.2, -0.15) is 0 Å². The lowest BCUT2D eigenvalue weighted by Crippen LogP contribution is -2.42. The molecule has 1 aliphatic heterocycles. The maximum atomic E-state index is 13.1. The molecule has 1 saturated heterocycles. The van der Waals surface area contributed by atoms with Gasteiger partial charge in [-0.25, -0.2) is 9.18 Å². The lowest BCUT2D eigenvalue weighted by atomic mass is 9.83. The highest BCUT2D eigenvalue weighted by Gasteiger charge is 2.29. The van der Waals surface area contributed by atoms with Gasteiger partial charge in [-0.15, -0.1) is 5.10 Å². The summed E-state index contributed by atoms with van der Waals surface area (Å²) in [6.45, 7) is 5.77. The number of carbonyl (C=O) groups excluding carboxylic acids is 1. The van der Waals surface area contributed by atoms with Crippen LogP contribution in [0.4, 0.5) is 9.18 Å². The number of nitrogens with zero attached hydrogens (tertiary/aromatic N) is 2. The zero-order valence-electron chi connectivity index (χ0n) is 12.1. The highest BCUT2D eigenvalue weighted by molar-refractivity contribution is 5.86. The smallest absolute Gasteiger partial charge is 0.389 e. The monoisotopic (exact) mass is 291 g/mol. The highest BCUT2D eigenvalue weighted by Crippen LogP contribution is 2.30. The Bertz CT molecular complexity index is 671. The Hall–Kier alpha value is -2.11. The van der Waals surface area contributed by atoms with Gasteiger partial charge in [-0.1, -0.05) is 13.8 Å². The fourth-order valence-electron chi connectivity index (χ4n) is 2.49. The van der Waals surface area contributed by atoms with Gasteiger partial charge in [0, 0.05) is 13.1 Å². The molecule has 2 heterocycles. The van der Waals surface area contributed by atoms with E-state index in [2.05, 4.69) is 24.0 Å². The Morgan fingerprint density at radius 2 is 2.10 bits per heavy atom. The Morgan fingerprint density at radius 3 is 2.81 bits per heavy atom. The Balaban J connectivity index is 1.72. The van der Waals surface area contributed by atoms with Crippen LogP contribution in [0.15, 0.2) is 18.2 Å². The number of likely N-dealkylation sites (tertiary alicyclic amines) is 1. The number of carbonyl (C=O) groups is 1. The first-order valence-electron chi connectivity index (χ1n) is 7.05. The molecule has 1 aliphatic rings. The van der Waals surface area contributed by atoms with E-state index in [0.717, 1.165) is 12.8 Å². The lowest BCUT2D eigenvalue weighted by Gasteiger charge is -2.35. The number of nitrogens with one attached hydrogen (secondary N) is 1. The third kappa shape index (κ3) is 2.84. The Kier molecular flexibility index (Phi) is 3.31. The predicted octanol–water partition coefficient (Wildman–Crippen LogP) is 3.32. The average Bonchev–Trinajstić information content (AvgIpc) is 2.80. The van der Waals surface area contributed by atoms with Gasteiger partial charge >= 0.3 is 6.09 Å². The number of amides is 1. The molecule has 1 fully saturated rings. The minimum absolute atomic E-state index is 0.194. The van der Waals surface area contributed by atoms with Crippen LogP contribution in [0.1, 0.15) is 26.7 Å². The summed E-state index contributed by atoms with van der Waals surface area (Å²) in [6.07, 6.45) is 1.51. The van der Waals surface area contributed by atoms with Crippen LogP contribution in [0.25, 0.3) is 10.9 Å². The molecule has 0 unspecified atom stereocenters. The van der Waals surface area contributed by atoms with Gasteiger partial charge in [0.05, 0.1) is 10.9 Å². The van der Waals surface area contributed by atoms with E-state index < -0.39 is 6.09 Å². The highest BCUT2D eigenvalue weighted by atomic mass is 19.1. The number of piperidine rings is 1. The summed E-state index contributed by atoms with van der Waals surface area (Å²) < 4.78 is 18.4. The average molecular weight is 291 g/mol. The van der Waals surface area contributed by atoms with E-state index in [4.69, 9.17) is 4.74 Å². The number of halogens is 1. The van der Waals surface area contributed by atoms with Gasteiger partial charge in [0.25, 0.3) is 5.88 Å². The van der Waals surface area contributed by atoms with Gasteiger partial charge in [0.2, 0.25) is 0 Å². The van der Waals surface area contributed by atoms with Crippen LogP contribution in [0.5, 0.6) is 5.88 Å². The number of rotatable bonds is 1. The van der Waals surface area contributed by atoms with Gasteiger partial charge in [-0.05, 0) is 36.5 Å². The van der Waals surface area contributed by atoms with E-state index in [1.54, 1.807) is 11.0 Å². The number of aromatic nitrogens is 2. The molecule has 0 atom stereocenters. The first-order chi connectivity index (χ1) is 9.94. The molecule has 6 heteroatoms. The molecule has 112 valence electrons. The van der Waals surface area contributed by atoms with Crippen molar-refractivity contribution >= 4 is 17.0 Å². The van der Waals surface area contributed by atoms with Crippen LogP contribution < -0.4 is 4.74 Å². The molecule has 1 N–H and O–H groups in total. The standard InChI is InChI=1S/C15H18FN3O2/c1-15(2)5-7-19(8-6-15)14(20)21-13-11-4-3-10(16)9-12(11)17-18-13/h3-4,9H,5-8H2,1-2H3,(H,17,18). The molecular weight excluding hydrogens is 273 g/mol. The normalized spacial score (nSPS) is 18.0. The third-order valence-electron chi connectivity index (χ3n) is 4.05. The molecule has 3 rings (SSSR count). The van der Waals surface area contributed by atoms with E-state index >= 15 is 0 Å². The first-order valence-corrected chi connectivity index (χ1v) is 7.05. The van der Waals surface area contributed by atoms with E-state index in [9.17, 15) is 9.18 Å². The summed E-state index contributed by atoms with van der Waals surface area (Å²) in [7, 11) is 0.